The van der Waals surface area contributed by atoms with E-state index in [1.165, 1.54) is 0 Å². The molecule has 0 spiro atoms. The summed E-state index contributed by atoms with van der Waals surface area (Å²) in [6, 6.07) is 6.55. The minimum absolute atomic E-state index is 0.279. The maximum Gasteiger partial charge on any atom is 0.287 e. The number of amides is 1. The second-order valence-electron chi connectivity index (χ2n) is 3.00. The molecule has 1 amide bonds. The Kier molecular flexibility index (Phi) is 2.90. The molecule has 1 rings (SSSR count). The maximum atomic E-state index is 11.2. The van der Waals surface area contributed by atoms with Crippen LogP contribution in [-0.2, 0) is 10.0 Å². The van der Waals surface area contributed by atoms with Gasteiger partial charge in [0.15, 0.2) is 0 Å². The minimum atomic E-state index is -3.61. The first-order valence-corrected chi connectivity index (χ1v) is 5.77. The predicted molar refractivity (Wildman–Crippen MR) is 52.5 cm³/mol. The van der Waals surface area contributed by atoms with Crippen LogP contribution in [0.25, 0.3) is 0 Å². The van der Waals surface area contributed by atoms with Gasteiger partial charge in [-0.1, -0.05) is 17.7 Å². The highest BCUT2D eigenvalue weighted by atomic mass is 32.2. The molecule has 0 N–H and O–H groups in total. The summed E-state index contributed by atoms with van der Waals surface area (Å²) in [4.78, 5) is 11.2. The topological polar surface area (TPSA) is 65.3 Å². The highest BCUT2D eigenvalue weighted by Crippen LogP contribution is 2.03. The quantitative estimate of drug-likeness (QED) is 0.724. The SMILES string of the molecule is Cc1ccc(C(=O)[N]S(C)(=O)=O)cc1. The smallest absolute Gasteiger partial charge is 0.266 e. The zero-order valence-electron chi connectivity index (χ0n) is 7.89. The average molecular weight is 212 g/mol. The van der Waals surface area contributed by atoms with Gasteiger partial charge in [-0.25, -0.2) is 8.42 Å². The van der Waals surface area contributed by atoms with Crippen molar-refractivity contribution in [3.8, 4) is 0 Å². The molecular formula is C9H10NO3S. The molecule has 0 saturated carbocycles. The molecule has 1 aromatic rings. The fourth-order valence-corrected chi connectivity index (χ4v) is 1.31. The summed E-state index contributed by atoms with van der Waals surface area (Å²) in [6.07, 6.45) is 0.888. The maximum absolute atomic E-state index is 11.2. The largest absolute Gasteiger partial charge is 0.287 e. The van der Waals surface area contributed by atoms with E-state index in [-0.39, 0.29) is 5.56 Å². The van der Waals surface area contributed by atoms with Crippen molar-refractivity contribution in [2.24, 2.45) is 0 Å². The number of sulfonamides is 1. The summed E-state index contributed by atoms with van der Waals surface area (Å²) in [5.74, 6) is -0.729. The summed E-state index contributed by atoms with van der Waals surface area (Å²) >= 11 is 0. The van der Waals surface area contributed by atoms with Gasteiger partial charge in [-0.2, -0.15) is 0 Å². The number of benzene rings is 1. The number of hydrogen-bond donors (Lipinski definition) is 0. The Balaban J connectivity index is 2.86. The van der Waals surface area contributed by atoms with Crippen LogP contribution >= 0.6 is 0 Å². The molecule has 14 heavy (non-hydrogen) atoms. The molecule has 4 nitrogen and oxygen atoms in total. The second kappa shape index (κ2) is 3.79. The van der Waals surface area contributed by atoms with E-state index in [0.717, 1.165) is 11.8 Å². The second-order valence-corrected chi connectivity index (χ2v) is 4.64. The molecule has 0 aromatic heterocycles. The summed E-state index contributed by atoms with van der Waals surface area (Å²) in [5, 5.41) is 0. The fraction of sp³-hybridized carbons (Fsp3) is 0.222. The van der Waals surface area contributed by atoms with Gasteiger partial charge >= 0.3 is 0 Å². The summed E-state index contributed by atoms with van der Waals surface area (Å²) < 4.78 is 24.4. The van der Waals surface area contributed by atoms with Crippen LogP contribution in [0.15, 0.2) is 24.3 Å². The monoisotopic (exact) mass is 212 g/mol. The van der Waals surface area contributed by atoms with Crippen LogP contribution in [0.2, 0.25) is 0 Å². The summed E-state index contributed by atoms with van der Waals surface area (Å²) in [6.45, 7) is 1.88. The average Bonchev–Trinajstić information content (AvgIpc) is 2.02. The van der Waals surface area contributed by atoms with Gasteiger partial charge in [-0.15, -0.1) is 4.72 Å². The Bertz CT molecular complexity index is 434. The van der Waals surface area contributed by atoms with E-state index in [1.807, 2.05) is 6.92 Å². The molecule has 0 unspecified atom stereocenters. The Morgan fingerprint density at radius 1 is 1.21 bits per heavy atom. The first-order valence-electron chi connectivity index (χ1n) is 3.92. The number of rotatable bonds is 2. The molecule has 5 heteroatoms. The Hall–Kier alpha value is -1.36. The number of nitrogens with zero attached hydrogens (tertiary/aromatic N) is 1. The molecule has 0 fully saturated rings. The van der Waals surface area contributed by atoms with Crippen molar-refractivity contribution in [2.75, 3.05) is 6.26 Å². The molecule has 0 aliphatic carbocycles. The van der Waals surface area contributed by atoms with E-state index in [0.29, 0.717) is 0 Å². The van der Waals surface area contributed by atoms with Crippen molar-refractivity contribution >= 4 is 15.9 Å². The van der Waals surface area contributed by atoms with Gasteiger partial charge in [0.05, 0.1) is 6.26 Å². The van der Waals surface area contributed by atoms with Crippen molar-refractivity contribution in [3.05, 3.63) is 35.4 Å². The number of hydrogen-bond acceptors (Lipinski definition) is 3. The first kappa shape index (κ1) is 10.7. The summed E-state index contributed by atoms with van der Waals surface area (Å²) in [7, 11) is -3.61. The highest BCUT2D eigenvalue weighted by Gasteiger charge is 2.12. The van der Waals surface area contributed by atoms with Crippen molar-refractivity contribution in [3.63, 3.8) is 0 Å². The van der Waals surface area contributed by atoms with Crippen LogP contribution in [0.5, 0.6) is 0 Å². The highest BCUT2D eigenvalue weighted by molar-refractivity contribution is 7.89. The van der Waals surface area contributed by atoms with E-state index in [1.54, 1.807) is 24.3 Å². The molecule has 0 aliphatic rings. The molecule has 1 radical (unpaired) electrons. The lowest BCUT2D eigenvalue weighted by molar-refractivity contribution is 0.0978. The van der Waals surface area contributed by atoms with Crippen LogP contribution in [0.4, 0.5) is 0 Å². The van der Waals surface area contributed by atoms with E-state index in [9.17, 15) is 13.2 Å². The standard InChI is InChI=1S/C9H10NO3S/c1-7-3-5-8(6-4-7)9(11)10-14(2,12)13/h3-6H,1-2H3. The molecule has 1 aromatic carbocycles. The van der Waals surface area contributed by atoms with Crippen molar-refractivity contribution in [1.82, 2.24) is 4.72 Å². The normalized spacial score (nSPS) is 11.0. The fourth-order valence-electron chi connectivity index (χ4n) is 0.899. The van der Waals surface area contributed by atoms with Gasteiger partial charge < -0.3 is 0 Å². The third-order valence-electron chi connectivity index (χ3n) is 1.55. The number of carbonyl (C=O) groups excluding carboxylic acids is 1. The van der Waals surface area contributed by atoms with Crippen LogP contribution < -0.4 is 4.72 Å². The van der Waals surface area contributed by atoms with Gasteiger partial charge in [-0.3, -0.25) is 4.79 Å². The van der Waals surface area contributed by atoms with E-state index >= 15 is 0 Å². The van der Waals surface area contributed by atoms with Gasteiger partial charge in [0.2, 0.25) is 0 Å². The third-order valence-corrected chi connectivity index (χ3v) is 2.04. The lowest BCUT2D eigenvalue weighted by atomic mass is 10.1. The minimum Gasteiger partial charge on any atom is -0.266 e. The molecular weight excluding hydrogens is 202 g/mol. The van der Waals surface area contributed by atoms with Gasteiger partial charge in [0.25, 0.3) is 15.9 Å². The number of carbonyl (C=O) groups is 1. The molecule has 75 valence electrons. The van der Waals surface area contributed by atoms with Crippen LogP contribution in [-0.4, -0.2) is 20.6 Å². The molecule has 0 atom stereocenters. The predicted octanol–water partition coefficient (Wildman–Crippen LogP) is 0.699. The zero-order chi connectivity index (χ0) is 10.8. The summed E-state index contributed by atoms with van der Waals surface area (Å²) in [5.41, 5.74) is 1.28. The van der Waals surface area contributed by atoms with Crippen molar-refractivity contribution < 1.29 is 13.2 Å². The van der Waals surface area contributed by atoms with Gasteiger partial charge in [0.1, 0.15) is 0 Å². The van der Waals surface area contributed by atoms with E-state index < -0.39 is 15.9 Å². The Labute approximate surface area is 83.0 Å². The zero-order valence-corrected chi connectivity index (χ0v) is 8.71. The third kappa shape index (κ3) is 3.18. The van der Waals surface area contributed by atoms with Crippen LogP contribution in [0.3, 0.4) is 0 Å². The number of aryl methyl sites for hydroxylation is 1. The van der Waals surface area contributed by atoms with Gasteiger partial charge in [-0.05, 0) is 19.1 Å². The Morgan fingerprint density at radius 3 is 2.14 bits per heavy atom. The van der Waals surface area contributed by atoms with Crippen LogP contribution in [0.1, 0.15) is 15.9 Å². The van der Waals surface area contributed by atoms with Crippen molar-refractivity contribution in [2.45, 2.75) is 6.92 Å². The van der Waals surface area contributed by atoms with E-state index in [2.05, 4.69) is 4.72 Å². The lowest BCUT2D eigenvalue weighted by Gasteiger charge is -1.99. The van der Waals surface area contributed by atoms with Crippen molar-refractivity contribution in [1.29, 1.82) is 0 Å². The van der Waals surface area contributed by atoms with Gasteiger partial charge in [0, 0.05) is 5.56 Å². The Morgan fingerprint density at radius 2 is 1.71 bits per heavy atom. The lowest BCUT2D eigenvalue weighted by Crippen LogP contribution is -2.21. The van der Waals surface area contributed by atoms with Crippen LogP contribution in [0, 0.1) is 6.92 Å². The molecule has 0 aliphatic heterocycles. The molecule has 0 saturated heterocycles. The van der Waals surface area contributed by atoms with E-state index in [4.69, 9.17) is 0 Å². The molecule has 0 heterocycles. The first-order chi connectivity index (χ1) is 6.38. The molecule has 0 bridgehead atoms.